The Morgan fingerprint density at radius 3 is 1.39 bits per heavy atom. The zero-order valence-electron chi connectivity index (χ0n) is 14.8. The van der Waals surface area contributed by atoms with Crippen molar-refractivity contribution in [2.45, 2.75) is 68.7 Å². The van der Waals surface area contributed by atoms with Gasteiger partial charge in [-0.05, 0) is 25.2 Å². The predicted molar refractivity (Wildman–Crippen MR) is 85.4 cm³/mol. The van der Waals surface area contributed by atoms with E-state index in [4.69, 9.17) is 9.47 Å². The number of rotatable bonds is 6. The lowest BCUT2D eigenvalue weighted by Gasteiger charge is -2.01. The lowest BCUT2D eigenvalue weighted by molar-refractivity contribution is 0.122. The normalized spacial score (nSPS) is 8.67. The van der Waals surface area contributed by atoms with Crippen LogP contribution < -0.4 is 0 Å². The summed E-state index contributed by atoms with van der Waals surface area (Å²) in [5.41, 5.74) is 0. The van der Waals surface area contributed by atoms with Gasteiger partial charge < -0.3 is 9.47 Å². The number of hydrogen-bond donors (Lipinski definition) is 0. The molecule has 0 atom stereocenters. The van der Waals surface area contributed by atoms with Crippen LogP contribution >= 0.6 is 0 Å². The first-order valence-electron chi connectivity index (χ1n) is 7.61. The second-order valence-electron chi connectivity index (χ2n) is 4.23. The van der Waals surface area contributed by atoms with Gasteiger partial charge in [-0.1, -0.05) is 55.4 Å². The zero-order valence-corrected chi connectivity index (χ0v) is 14.8. The number of ether oxygens (including phenoxy) is 2. The van der Waals surface area contributed by atoms with Crippen LogP contribution in [0.15, 0.2) is 0 Å². The van der Waals surface area contributed by atoms with Crippen LogP contribution in [-0.2, 0) is 9.47 Å². The van der Waals surface area contributed by atoms with Gasteiger partial charge in [0.25, 0.3) is 0 Å². The monoisotopic (exact) mass is 264 g/mol. The molecule has 2 nitrogen and oxygen atoms in total. The van der Waals surface area contributed by atoms with Crippen molar-refractivity contribution in [1.82, 2.24) is 0 Å². The molecule has 0 radical (unpaired) electrons. The maximum absolute atomic E-state index is 5.09. The third-order valence-electron chi connectivity index (χ3n) is 1.55. The van der Waals surface area contributed by atoms with E-state index in [0.717, 1.165) is 25.7 Å². The molecular formula is C16H40O2. The van der Waals surface area contributed by atoms with E-state index in [-0.39, 0.29) is 0 Å². The first-order chi connectivity index (χ1) is 8.54. The van der Waals surface area contributed by atoms with Crippen LogP contribution in [0.4, 0.5) is 0 Å². The largest absolute Gasteiger partial charge is 0.385 e. The van der Waals surface area contributed by atoms with E-state index in [1.165, 1.54) is 6.42 Å². The summed E-state index contributed by atoms with van der Waals surface area (Å²) in [6, 6.07) is 0. The van der Waals surface area contributed by atoms with Crippen LogP contribution in [-0.4, -0.2) is 26.9 Å². The smallest absolute Gasteiger partial charge is 0.0488 e. The van der Waals surface area contributed by atoms with Gasteiger partial charge in [-0.3, -0.25) is 0 Å². The Morgan fingerprint density at radius 2 is 1.28 bits per heavy atom. The molecule has 116 valence electrons. The highest BCUT2D eigenvalue weighted by atomic mass is 16.5. The van der Waals surface area contributed by atoms with Gasteiger partial charge in [-0.2, -0.15) is 0 Å². The molecule has 0 N–H and O–H groups in total. The van der Waals surface area contributed by atoms with E-state index in [2.05, 4.69) is 27.7 Å². The van der Waals surface area contributed by atoms with Crippen LogP contribution in [0.5, 0.6) is 0 Å². The first kappa shape index (κ1) is 26.5. The van der Waals surface area contributed by atoms with Gasteiger partial charge in [0.2, 0.25) is 0 Å². The van der Waals surface area contributed by atoms with Gasteiger partial charge in [0.15, 0.2) is 0 Å². The molecular weight excluding hydrogens is 224 g/mol. The topological polar surface area (TPSA) is 18.5 Å². The fraction of sp³-hybridized carbons (Fsp3) is 1.00. The van der Waals surface area contributed by atoms with Gasteiger partial charge in [0, 0.05) is 26.9 Å². The summed E-state index contributed by atoms with van der Waals surface area (Å²) < 4.78 is 9.95. The number of methoxy groups -OCH3 is 1. The molecule has 0 unspecified atom stereocenters. The van der Waals surface area contributed by atoms with Crippen LogP contribution in [0, 0.1) is 11.8 Å². The molecule has 0 fully saturated rings. The minimum absolute atomic E-state index is 0.681. The van der Waals surface area contributed by atoms with E-state index in [9.17, 15) is 0 Å². The van der Waals surface area contributed by atoms with Crippen molar-refractivity contribution in [2.24, 2.45) is 11.8 Å². The average Bonchev–Trinajstić information content (AvgIpc) is 2.39. The lowest BCUT2D eigenvalue weighted by atomic mass is 10.1. The van der Waals surface area contributed by atoms with Gasteiger partial charge in [-0.25, -0.2) is 0 Å². The van der Waals surface area contributed by atoms with Crippen molar-refractivity contribution in [2.75, 3.05) is 26.9 Å². The highest BCUT2D eigenvalue weighted by Crippen LogP contribution is 1.96. The molecule has 0 spiro atoms. The van der Waals surface area contributed by atoms with Gasteiger partial charge in [-0.15, -0.1) is 0 Å². The standard InChI is InChI=1S/2C6H14O.2C2H6/c1-6(2)4-5-7-3;1-4-7-5-6(2)3;2*1-2/h2*6H,4-5H2,1-3H3;2*1-2H3. The summed E-state index contributed by atoms with van der Waals surface area (Å²) in [7, 11) is 1.74. The molecule has 0 rings (SSSR count). The Bertz CT molecular complexity index is 79.1. The van der Waals surface area contributed by atoms with Crippen molar-refractivity contribution in [1.29, 1.82) is 0 Å². The van der Waals surface area contributed by atoms with Crippen LogP contribution in [0.25, 0.3) is 0 Å². The summed E-state index contributed by atoms with van der Waals surface area (Å²) in [6.45, 7) is 21.3. The molecule has 0 saturated carbocycles. The Labute approximate surface area is 117 Å². The highest BCUT2D eigenvalue weighted by Gasteiger charge is 1.89. The molecule has 0 saturated heterocycles. The van der Waals surface area contributed by atoms with Gasteiger partial charge in [0.1, 0.15) is 0 Å². The Kier molecular flexibility index (Phi) is 44.4. The summed E-state index contributed by atoms with van der Waals surface area (Å²) in [5, 5.41) is 0. The molecule has 0 aromatic heterocycles. The average molecular weight is 264 g/mol. The summed E-state index contributed by atoms with van der Waals surface area (Å²) in [6.07, 6.45) is 1.18. The molecule has 0 aromatic carbocycles. The molecule has 0 amide bonds. The number of hydrogen-bond acceptors (Lipinski definition) is 2. The molecule has 0 bridgehead atoms. The fourth-order valence-corrected chi connectivity index (χ4v) is 0.707. The van der Waals surface area contributed by atoms with Crippen molar-refractivity contribution in [3.63, 3.8) is 0 Å². The Balaban J connectivity index is -0.0000000851. The lowest BCUT2D eigenvalue weighted by Crippen LogP contribution is -2.00. The van der Waals surface area contributed by atoms with E-state index < -0.39 is 0 Å². The van der Waals surface area contributed by atoms with Gasteiger partial charge >= 0.3 is 0 Å². The van der Waals surface area contributed by atoms with Crippen molar-refractivity contribution in [3.8, 4) is 0 Å². The molecule has 0 aliphatic carbocycles. The zero-order chi connectivity index (χ0) is 15.4. The van der Waals surface area contributed by atoms with Crippen molar-refractivity contribution < 1.29 is 9.47 Å². The SMILES string of the molecule is CC.CC.CCOCC(C)C.COCCC(C)C. The molecule has 18 heavy (non-hydrogen) atoms. The predicted octanol–water partition coefficient (Wildman–Crippen LogP) is 5.41. The highest BCUT2D eigenvalue weighted by molar-refractivity contribution is 4.40. The summed E-state index contributed by atoms with van der Waals surface area (Å²) in [4.78, 5) is 0. The second-order valence-corrected chi connectivity index (χ2v) is 4.23. The first-order valence-corrected chi connectivity index (χ1v) is 7.61. The third kappa shape index (κ3) is 56.5. The van der Waals surface area contributed by atoms with Crippen molar-refractivity contribution in [3.05, 3.63) is 0 Å². The van der Waals surface area contributed by atoms with Crippen LogP contribution in [0.2, 0.25) is 0 Å². The quantitative estimate of drug-likeness (QED) is 0.638. The fourth-order valence-electron chi connectivity index (χ4n) is 0.707. The minimum atomic E-state index is 0.681. The van der Waals surface area contributed by atoms with E-state index in [0.29, 0.717) is 5.92 Å². The maximum Gasteiger partial charge on any atom is 0.0488 e. The van der Waals surface area contributed by atoms with E-state index >= 15 is 0 Å². The summed E-state index contributed by atoms with van der Waals surface area (Å²) in [5.74, 6) is 1.46. The van der Waals surface area contributed by atoms with E-state index in [1.54, 1.807) is 7.11 Å². The third-order valence-corrected chi connectivity index (χ3v) is 1.55. The minimum Gasteiger partial charge on any atom is -0.385 e. The molecule has 0 aromatic rings. The van der Waals surface area contributed by atoms with Crippen LogP contribution in [0.3, 0.4) is 0 Å². The van der Waals surface area contributed by atoms with Crippen LogP contribution in [0.1, 0.15) is 68.7 Å². The van der Waals surface area contributed by atoms with Crippen molar-refractivity contribution >= 4 is 0 Å². The van der Waals surface area contributed by atoms with Gasteiger partial charge in [0.05, 0.1) is 0 Å². The summed E-state index contributed by atoms with van der Waals surface area (Å²) >= 11 is 0. The molecule has 0 aliphatic heterocycles. The Hall–Kier alpha value is -0.0800. The molecule has 0 heterocycles. The molecule has 0 aliphatic rings. The second kappa shape index (κ2) is 30.2. The van der Waals surface area contributed by atoms with E-state index in [1.807, 2.05) is 34.6 Å². The Morgan fingerprint density at radius 1 is 0.833 bits per heavy atom. The maximum atomic E-state index is 5.09. The molecule has 2 heteroatoms.